The van der Waals surface area contributed by atoms with Crippen molar-refractivity contribution in [2.45, 2.75) is 19.4 Å². The summed E-state index contributed by atoms with van der Waals surface area (Å²) in [5.41, 5.74) is 1.87. The van der Waals surface area contributed by atoms with E-state index >= 15 is 0 Å². The van der Waals surface area contributed by atoms with Gasteiger partial charge in [-0.3, -0.25) is 9.78 Å². The molecule has 1 aromatic heterocycles. The third-order valence-corrected chi connectivity index (χ3v) is 5.28. The Hall–Kier alpha value is -2.45. The molecule has 1 aromatic carbocycles. The van der Waals surface area contributed by atoms with Crippen molar-refractivity contribution in [1.82, 2.24) is 14.6 Å². The summed E-state index contributed by atoms with van der Waals surface area (Å²) < 4.78 is 30.3. The molecule has 27 heavy (non-hydrogen) atoms. The zero-order valence-corrected chi connectivity index (χ0v) is 16.4. The Kier molecular flexibility index (Phi) is 7.75. The highest BCUT2D eigenvalue weighted by Gasteiger charge is 2.18. The molecule has 0 aliphatic heterocycles. The van der Waals surface area contributed by atoms with Gasteiger partial charge in [0.25, 0.3) is 0 Å². The summed E-state index contributed by atoms with van der Waals surface area (Å²) in [6.07, 6.45) is 5.19. The summed E-state index contributed by atoms with van der Waals surface area (Å²) in [4.78, 5) is 16.0. The first kappa shape index (κ1) is 20.9. The van der Waals surface area contributed by atoms with Gasteiger partial charge in [-0.15, -0.1) is 0 Å². The van der Waals surface area contributed by atoms with Crippen LogP contribution in [-0.4, -0.2) is 50.1 Å². The van der Waals surface area contributed by atoms with E-state index in [1.807, 2.05) is 24.3 Å². The summed E-state index contributed by atoms with van der Waals surface area (Å²) in [5.74, 6) is 0.612. The standard InChI is InChI=1S/C19H25N3O4S/c1-26-18-7-5-16(6-8-18)9-12-21-19(23)10-13-22(27(2,24)25)15-17-4-3-11-20-14-17/h3-8,11,14H,9-10,12-13,15H2,1-2H3,(H,21,23). The number of carbonyl (C=O) groups excluding carboxylic acids is 1. The SMILES string of the molecule is COc1ccc(CCNC(=O)CCN(Cc2cccnc2)S(C)(=O)=O)cc1. The number of methoxy groups -OCH3 is 1. The largest absolute Gasteiger partial charge is 0.497 e. The van der Waals surface area contributed by atoms with Crippen LogP contribution < -0.4 is 10.1 Å². The first-order valence-electron chi connectivity index (χ1n) is 8.62. The quantitative estimate of drug-likeness (QED) is 0.665. The fourth-order valence-corrected chi connectivity index (χ4v) is 3.32. The van der Waals surface area contributed by atoms with Crippen LogP contribution in [0, 0.1) is 0 Å². The second kappa shape index (κ2) is 10.0. The molecule has 146 valence electrons. The van der Waals surface area contributed by atoms with E-state index in [1.54, 1.807) is 31.6 Å². The van der Waals surface area contributed by atoms with Gasteiger partial charge >= 0.3 is 0 Å². The molecule has 0 atom stereocenters. The van der Waals surface area contributed by atoms with Crippen molar-refractivity contribution in [2.24, 2.45) is 0 Å². The van der Waals surface area contributed by atoms with Gasteiger partial charge in [-0.1, -0.05) is 18.2 Å². The van der Waals surface area contributed by atoms with Crippen LogP contribution in [0.15, 0.2) is 48.8 Å². The molecule has 0 bridgehead atoms. The first-order chi connectivity index (χ1) is 12.9. The molecule has 2 rings (SSSR count). The zero-order chi connectivity index (χ0) is 19.7. The van der Waals surface area contributed by atoms with E-state index in [4.69, 9.17) is 4.74 Å². The number of sulfonamides is 1. The van der Waals surface area contributed by atoms with Gasteiger partial charge in [0, 0.05) is 38.4 Å². The van der Waals surface area contributed by atoms with E-state index in [0.29, 0.717) is 13.0 Å². The molecular formula is C19H25N3O4S. The molecule has 1 amide bonds. The van der Waals surface area contributed by atoms with Crippen LogP contribution in [0.2, 0.25) is 0 Å². The molecule has 0 aliphatic carbocycles. The predicted octanol–water partition coefficient (Wildman–Crippen LogP) is 1.60. The maximum atomic E-state index is 12.1. The smallest absolute Gasteiger partial charge is 0.221 e. The minimum atomic E-state index is -3.42. The Labute approximate surface area is 160 Å². The molecule has 7 nitrogen and oxygen atoms in total. The van der Waals surface area contributed by atoms with Crippen LogP contribution in [0.3, 0.4) is 0 Å². The lowest BCUT2D eigenvalue weighted by atomic mass is 10.1. The normalized spacial score (nSPS) is 11.4. The molecule has 0 saturated carbocycles. The number of nitrogens with one attached hydrogen (secondary N) is 1. The summed E-state index contributed by atoms with van der Waals surface area (Å²) in [6.45, 7) is 0.820. The highest BCUT2D eigenvalue weighted by Crippen LogP contribution is 2.11. The van der Waals surface area contributed by atoms with Crippen molar-refractivity contribution in [3.05, 3.63) is 59.9 Å². The van der Waals surface area contributed by atoms with Gasteiger partial charge < -0.3 is 10.1 Å². The fourth-order valence-electron chi connectivity index (χ4n) is 2.51. The monoisotopic (exact) mass is 391 g/mol. The summed E-state index contributed by atoms with van der Waals surface area (Å²) >= 11 is 0. The molecule has 0 unspecified atom stereocenters. The number of amides is 1. The van der Waals surface area contributed by atoms with Crippen molar-refractivity contribution in [3.8, 4) is 5.75 Å². The molecule has 0 saturated heterocycles. The number of benzene rings is 1. The maximum absolute atomic E-state index is 12.1. The van der Waals surface area contributed by atoms with Crippen LogP contribution >= 0.6 is 0 Å². The predicted molar refractivity (Wildman–Crippen MR) is 104 cm³/mol. The molecule has 0 spiro atoms. The molecule has 8 heteroatoms. The van der Waals surface area contributed by atoms with Gasteiger partial charge in [0.1, 0.15) is 5.75 Å². The molecule has 0 aliphatic rings. The van der Waals surface area contributed by atoms with Gasteiger partial charge in [0.2, 0.25) is 15.9 Å². The summed E-state index contributed by atoms with van der Waals surface area (Å²) in [5, 5.41) is 2.83. The van der Waals surface area contributed by atoms with E-state index in [2.05, 4.69) is 10.3 Å². The molecule has 2 aromatic rings. The molecular weight excluding hydrogens is 366 g/mol. The number of rotatable bonds is 10. The van der Waals surface area contributed by atoms with Crippen molar-refractivity contribution in [2.75, 3.05) is 26.5 Å². The van der Waals surface area contributed by atoms with Gasteiger partial charge in [0.05, 0.1) is 13.4 Å². The van der Waals surface area contributed by atoms with Gasteiger partial charge in [0.15, 0.2) is 0 Å². The lowest BCUT2D eigenvalue weighted by Crippen LogP contribution is -2.34. The number of pyridine rings is 1. The zero-order valence-electron chi connectivity index (χ0n) is 15.6. The minimum Gasteiger partial charge on any atom is -0.497 e. The Bertz CT molecular complexity index is 824. The van der Waals surface area contributed by atoms with E-state index in [1.165, 1.54) is 4.31 Å². The molecule has 0 fully saturated rings. The lowest BCUT2D eigenvalue weighted by Gasteiger charge is -2.19. The van der Waals surface area contributed by atoms with Crippen LogP contribution in [0.25, 0.3) is 0 Å². The second-order valence-electron chi connectivity index (χ2n) is 6.16. The Morgan fingerprint density at radius 2 is 1.93 bits per heavy atom. The van der Waals surface area contributed by atoms with E-state index in [-0.39, 0.29) is 25.4 Å². The number of ether oxygens (including phenoxy) is 1. The average Bonchev–Trinajstić information content (AvgIpc) is 2.65. The summed E-state index contributed by atoms with van der Waals surface area (Å²) in [6, 6.07) is 11.2. The Balaban J connectivity index is 1.79. The lowest BCUT2D eigenvalue weighted by molar-refractivity contribution is -0.121. The second-order valence-corrected chi connectivity index (χ2v) is 8.14. The molecule has 1 heterocycles. The minimum absolute atomic E-state index is 0.107. The maximum Gasteiger partial charge on any atom is 0.221 e. The summed E-state index contributed by atoms with van der Waals surface area (Å²) in [7, 11) is -1.80. The third kappa shape index (κ3) is 7.36. The van der Waals surface area contributed by atoms with Crippen LogP contribution in [0.5, 0.6) is 5.75 Å². The first-order valence-corrected chi connectivity index (χ1v) is 10.5. The number of nitrogens with zero attached hydrogens (tertiary/aromatic N) is 2. The van der Waals surface area contributed by atoms with E-state index < -0.39 is 10.0 Å². The Morgan fingerprint density at radius 3 is 2.52 bits per heavy atom. The van der Waals surface area contributed by atoms with E-state index in [9.17, 15) is 13.2 Å². The van der Waals surface area contributed by atoms with Crippen LogP contribution in [0.1, 0.15) is 17.5 Å². The molecule has 0 radical (unpaired) electrons. The fraction of sp³-hybridized carbons (Fsp3) is 0.368. The number of aromatic nitrogens is 1. The van der Waals surface area contributed by atoms with Crippen LogP contribution in [-0.2, 0) is 27.8 Å². The number of hydrogen-bond acceptors (Lipinski definition) is 5. The Morgan fingerprint density at radius 1 is 1.19 bits per heavy atom. The highest BCUT2D eigenvalue weighted by molar-refractivity contribution is 7.88. The van der Waals surface area contributed by atoms with Crippen molar-refractivity contribution < 1.29 is 17.9 Å². The van der Waals surface area contributed by atoms with Crippen molar-refractivity contribution >= 4 is 15.9 Å². The average molecular weight is 391 g/mol. The highest BCUT2D eigenvalue weighted by atomic mass is 32.2. The van der Waals surface area contributed by atoms with E-state index in [0.717, 1.165) is 23.1 Å². The third-order valence-electron chi connectivity index (χ3n) is 4.03. The van der Waals surface area contributed by atoms with Crippen LogP contribution in [0.4, 0.5) is 0 Å². The van der Waals surface area contributed by atoms with Crippen molar-refractivity contribution in [1.29, 1.82) is 0 Å². The number of hydrogen-bond donors (Lipinski definition) is 1. The van der Waals surface area contributed by atoms with Gasteiger partial charge in [-0.2, -0.15) is 4.31 Å². The van der Waals surface area contributed by atoms with Gasteiger partial charge in [-0.05, 0) is 35.7 Å². The van der Waals surface area contributed by atoms with Gasteiger partial charge in [-0.25, -0.2) is 8.42 Å². The number of carbonyl (C=O) groups is 1. The molecule has 1 N–H and O–H groups in total. The van der Waals surface area contributed by atoms with Crippen molar-refractivity contribution in [3.63, 3.8) is 0 Å². The topological polar surface area (TPSA) is 88.6 Å².